The maximum Gasteiger partial charge on any atom is 0.254 e. The summed E-state index contributed by atoms with van der Waals surface area (Å²) in [6.45, 7) is 0.580. The van der Waals surface area contributed by atoms with Crippen molar-refractivity contribution >= 4 is 29.1 Å². The SMILES string of the molecule is O=C(c1cc(Cl)cc(Cl)c1)N(Cc1ccncc1)C1CC1. The predicted molar refractivity (Wildman–Crippen MR) is 83.6 cm³/mol. The summed E-state index contributed by atoms with van der Waals surface area (Å²) < 4.78 is 0. The Labute approximate surface area is 133 Å². The van der Waals surface area contributed by atoms with Crippen LogP contribution < -0.4 is 0 Å². The van der Waals surface area contributed by atoms with E-state index < -0.39 is 0 Å². The van der Waals surface area contributed by atoms with E-state index in [9.17, 15) is 4.79 Å². The molecule has 1 fully saturated rings. The van der Waals surface area contributed by atoms with Crippen molar-refractivity contribution in [3.8, 4) is 0 Å². The van der Waals surface area contributed by atoms with Gasteiger partial charge in [0.15, 0.2) is 0 Å². The van der Waals surface area contributed by atoms with Crippen LogP contribution in [0.25, 0.3) is 0 Å². The van der Waals surface area contributed by atoms with E-state index >= 15 is 0 Å². The van der Waals surface area contributed by atoms with Gasteiger partial charge in [-0.2, -0.15) is 0 Å². The van der Waals surface area contributed by atoms with E-state index in [1.807, 2.05) is 17.0 Å². The van der Waals surface area contributed by atoms with Gasteiger partial charge in [0.2, 0.25) is 0 Å². The lowest BCUT2D eigenvalue weighted by molar-refractivity contribution is 0.0730. The number of aromatic nitrogens is 1. The lowest BCUT2D eigenvalue weighted by Crippen LogP contribution is -2.32. The van der Waals surface area contributed by atoms with Gasteiger partial charge in [0.25, 0.3) is 5.91 Å². The summed E-state index contributed by atoms with van der Waals surface area (Å²) in [5, 5.41) is 0.955. The number of amides is 1. The molecule has 0 radical (unpaired) electrons. The van der Waals surface area contributed by atoms with Crippen molar-refractivity contribution in [1.29, 1.82) is 0 Å². The molecule has 0 unspecified atom stereocenters. The molecule has 2 aromatic rings. The van der Waals surface area contributed by atoms with Crippen molar-refractivity contribution in [2.75, 3.05) is 0 Å². The Bertz CT molecular complexity index is 636. The summed E-state index contributed by atoms with van der Waals surface area (Å²) in [4.78, 5) is 18.6. The number of pyridine rings is 1. The van der Waals surface area contributed by atoms with Crippen molar-refractivity contribution in [2.24, 2.45) is 0 Å². The van der Waals surface area contributed by atoms with E-state index in [0.717, 1.165) is 18.4 Å². The molecular weight excluding hydrogens is 307 g/mol. The molecule has 5 heteroatoms. The Kier molecular flexibility index (Phi) is 4.13. The molecule has 1 amide bonds. The highest BCUT2D eigenvalue weighted by atomic mass is 35.5. The molecule has 1 heterocycles. The second kappa shape index (κ2) is 6.04. The molecule has 0 aliphatic heterocycles. The molecule has 0 spiro atoms. The largest absolute Gasteiger partial charge is 0.331 e. The molecule has 0 N–H and O–H groups in total. The standard InChI is InChI=1S/C16H14Cl2N2O/c17-13-7-12(8-14(18)9-13)16(21)20(15-1-2-15)10-11-3-5-19-6-4-11/h3-9,15H,1-2,10H2. The summed E-state index contributed by atoms with van der Waals surface area (Å²) in [5.74, 6) is -0.0290. The number of nitrogens with zero attached hydrogens (tertiary/aromatic N) is 2. The van der Waals surface area contributed by atoms with Gasteiger partial charge < -0.3 is 4.90 Å². The molecule has 21 heavy (non-hydrogen) atoms. The first kappa shape index (κ1) is 14.4. The summed E-state index contributed by atoms with van der Waals surface area (Å²) in [7, 11) is 0. The zero-order chi connectivity index (χ0) is 14.8. The third-order valence-electron chi connectivity index (χ3n) is 3.46. The second-order valence-electron chi connectivity index (χ2n) is 5.18. The minimum Gasteiger partial charge on any atom is -0.331 e. The van der Waals surface area contributed by atoms with Crippen molar-refractivity contribution in [3.63, 3.8) is 0 Å². The Morgan fingerprint density at radius 1 is 1.14 bits per heavy atom. The zero-order valence-electron chi connectivity index (χ0n) is 11.3. The van der Waals surface area contributed by atoms with Gasteiger partial charge in [0, 0.05) is 40.6 Å². The highest BCUT2D eigenvalue weighted by Crippen LogP contribution is 2.30. The second-order valence-corrected chi connectivity index (χ2v) is 6.05. The molecule has 0 bridgehead atoms. The van der Waals surface area contributed by atoms with Gasteiger partial charge in [-0.1, -0.05) is 23.2 Å². The monoisotopic (exact) mass is 320 g/mol. The summed E-state index contributed by atoms with van der Waals surface area (Å²) in [5.41, 5.74) is 1.60. The van der Waals surface area contributed by atoms with Crippen LogP contribution in [0.5, 0.6) is 0 Å². The molecule has 3 rings (SSSR count). The van der Waals surface area contributed by atoms with Gasteiger partial charge in [0.05, 0.1) is 0 Å². The molecule has 108 valence electrons. The summed E-state index contributed by atoms with van der Waals surface area (Å²) in [6.07, 6.45) is 5.57. The van der Waals surface area contributed by atoms with Crippen LogP contribution in [0.15, 0.2) is 42.7 Å². The quantitative estimate of drug-likeness (QED) is 0.846. The van der Waals surface area contributed by atoms with Crippen LogP contribution >= 0.6 is 23.2 Å². The van der Waals surface area contributed by atoms with Crippen molar-refractivity contribution in [3.05, 3.63) is 63.9 Å². The maximum atomic E-state index is 12.7. The highest BCUT2D eigenvalue weighted by molar-refractivity contribution is 6.35. The summed E-state index contributed by atoms with van der Waals surface area (Å²) >= 11 is 12.0. The molecule has 3 nitrogen and oxygen atoms in total. The van der Waals surface area contributed by atoms with Crippen molar-refractivity contribution in [2.45, 2.75) is 25.4 Å². The van der Waals surface area contributed by atoms with E-state index in [1.165, 1.54) is 0 Å². The van der Waals surface area contributed by atoms with Gasteiger partial charge in [0.1, 0.15) is 0 Å². The van der Waals surface area contributed by atoms with E-state index in [4.69, 9.17) is 23.2 Å². The third-order valence-corrected chi connectivity index (χ3v) is 3.90. The maximum absolute atomic E-state index is 12.7. The van der Waals surface area contributed by atoms with Gasteiger partial charge in [-0.05, 0) is 48.7 Å². The predicted octanol–water partition coefficient (Wildman–Crippen LogP) is 4.19. The molecule has 0 atom stereocenters. The number of carbonyl (C=O) groups excluding carboxylic acids is 1. The van der Waals surface area contributed by atoms with Gasteiger partial charge in [-0.3, -0.25) is 9.78 Å². The van der Waals surface area contributed by atoms with Crippen LogP contribution in [0, 0.1) is 0 Å². The molecule has 1 aromatic heterocycles. The fourth-order valence-corrected chi connectivity index (χ4v) is 2.81. The number of halogens is 2. The number of hydrogen-bond donors (Lipinski definition) is 0. The topological polar surface area (TPSA) is 33.2 Å². The first-order valence-corrected chi connectivity index (χ1v) is 7.55. The third kappa shape index (κ3) is 3.55. The van der Waals surface area contributed by atoms with Crippen LogP contribution in [-0.4, -0.2) is 21.8 Å². The van der Waals surface area contributed by atoms with Gasteiger partial charge >= 0.3 is 0 Å². The number of hydrogen-bond acceptors (Lipinski definition) is 2. The van der Waals surface area contributed by atoms with Crippen LogP contribution in [0.1, 0.15) is 28.8 Å². The van der Waals surface area contributed by atoms with Crippen LogP contribution in [-0.2, 0) is 6.54 Å². The smallest absolute Gasteiger partial charge is 0.254 e. The van der Waals surface area contributed by atoms with Crippen molar-refractivity contribution < 1.29 is 4.79 Å². The fraction of sp³-hybridized carbons (Fsp3) is 0.250. The van der Waals surface area contributed by atoms with E-state index in [-0.39, 0.29) is 5.91 Å². The van der Waals surface area contributed by atoms with E-state index in [0.29, 0.717) is 28.2 Å². The average molecular weight is 321 g/mol. The number of carbonyl (C=O) groups is 1. The molecule has 1 aliphatic carbocycles. The first-order chi connectivity index (χ1) is 10.1. The Morgan fingerprint density at radius 2 is 1.76 bits per heavy atom. The lowest BCUT2D eigenvalue weighted by atomic mass is 10.1. The van der Waals surface area contributed by atoms with Crippen LogP contribution in [0.3, 0.4) is 0 Å². The number of rotatable bonds is 4. The Morgan fingerprint density at radius 3 is 2.33 bits per heavy atom. The Hall–Kier alpha value is -1.58. The van der Waals surface area contributed by atoms with Gasteiger partial charge in [-0.15, -0.1) is 0 Å². The minimum atomic E-state index is -0.0290. The highest BCUT2D eigenvalue weighted by Gasteiger charge is 2.33. The van der Waals surface area contributed by atoms with Crippen LogP contribution in [0.4, 0.5) is 0 Å². The zero-order valence-corrected chi connectivity index (χ0v) is 12.8. The molecule has 1 aromatic carbocycles. The summed E-state index contributed by atoms with van der Waals surface area (Å²) in [6, 6.07) is 9.12. The Balaban J connectivity index is 1.85. The average Bonchev–Trinajstić information content (AvgIpc) is 3.29. The molecule has 1 aliphatic rings. The van der Waals surface area contributed by atoms with E-state index in [2.05, 4.69) is 4.98 Å². The van der Waals surface area contributed by atoms with Crippen LogP contribution in [0.2, 0.25) is 10.0 Å². The normalized spacial score (nSPS) is 14.0. The van der Waals surface area contributed by atoms with E-state index in [1.54, 1.807) is 30.6 Å². The minimum absolute atomic E-state index is 0.0290. The molecule has 0 saturated heterocycles. The molecule has 1 saturated carbocycles. The lowest BCUT2D eigenvalue weighted by Gasteiger charge is -2.23. The first-order valence-electron chi connectivity index (χ1n) is 6.79. The fourth-order valence-electron chi connectivity index (χ4n) is 2.28. The molecular formula is C16H14Cl2N2O. The van der Waals surface area contributed by atoms with Gasteiger partial charge in [-0.25, -0.2) is 0 Å². The number of benzene rings is 1. The van der Waals surface area contributed by atoms with Crippen molar-refractivity contribution in [1.82, 2.24) is 9.88 Å².